The Morgan fingerprint density at radius 2 is 0.221 bits per heavy atom. The maximum atomic E-state index is 2.50. The van der Waals surface area contributed by atoms with Gasteiger partial charge in [-0.25, -0.2) is 0 Å². The van der Waals surface area contributed by atoms with Crippen molar-refractivity contribution in [2.75, 3.05) is 0 Å². The van der Waals surface area contributed by atoms with Gasteiger partial charge in [-0.2, -0.15) is 0 Å². The largest absolute Gasteiger partial charge is 0.309 e. The summed E-state index contributed by atoms with van der Waals surface area (Å²) in [5.41, 5.74) is 42.1. The van der Waals surface area contributed by atoms with E-state index in [-0.39, 0.29) is 0 Å². The first-order chi connectivity index (χ1) is 67.4. The molecule has 22 aromatic carbocycles. The molecule has 0 saturated carbocycles. The number of aromatic nitrogens is 4. The smallest absolute Gasteiger partial charge is 0.0541 e. The molecule has 4 heteroatoms. The molecule has 636 valence electrons. The second-order valence-electron chi connectivity index (χ2n) is 35.5. The Morgan fingerprint density at radius 3 is 0.412 bits per heavy atom. The summed E-state index contributed by atoms with van der Waals surface area (Å²) in [6.07, 6.45) is 0. The van der Waals surface area contributed by atoms with E-state index in [0.29, 0.717) is 0 Å². The van der Waals surface area contributed by atoms with Crippen molar-refractivity contribution in [2.45, 2.75) is 0 Å². The Labute approximate surface area is 790 Å². The van der Waals surface area contributed by atoms with Crippen LogP contribution in [0.4, 0.5) is 0 Å². The van der Waals surface area contributed by atoms with E-state index in [1.54, 1.807) is 0 Å². The summed E-state index contributed by atoms with van der Waals surface area (Å²) < 4.78 is 9.92. The minimum absolute atomic E-state index is 1.08. The van der Waals surface area contributed by atoms with E-state index < -0.39 is 0 Å². The van der Waals surface area contributed by atoms with E-state index in [9.17, 15) is 0 Å². The SMILES string of the molecule is c1ccc(-c2cc(-c3ccccc3)cc(-c3cc(-n4c5ccc(-c6ccccc6)cc5c5cc(-c6ccccc6)ccc54)cc(-n4c5ccc(-c6ccccc6)cc5c5cc(-c6ccccc6)ccc54)c3)c2)cc1.c1ccc(-c2cc(-c3ccccc3)cc(-c3cc(-n4c5ccccc5c5cc(-c6ccccc6)ccc54)cc(-n4c5ccccc5c5cc(-c6ccccc6)ccc54)c3)c2)cc1. The Balaban J connectivity index is 0.000000147. The third-order valence-corrected chi connectivity index (χ3v) is 27.3. The maximum Gasteiger partial charge on any atom is 0.0541 e. The number of para-hydroxylation sites is 2. The standard InChI is InChI=1S/C72H48N2.C60H40N2/c1-7-19-49(20-8-1)55-31-35-69-65(44-55)66-45-56(50-21-9-2-10-22-50)32-36-70(66)73(69)63-42-62(61-40-59(53-27-15-5-16-28-53)39-60(41-61)54-29-17-6-18-30-54)43-64(48-63)74-71-37-33-57(51-23-11-3-12-24-51)46-67(71)68-47-58(34-38-72(68)74)52-25-13-4-14-26-52;1-5-17-41(18-6-1)45-29-31-59-55(38-45)53-25-13-15-27-57(53)61(59)51-36-50(49-34-47(43-21-9-3-10-22-43)33-48(35-49)44-23-11-4-12-24-44)37-52(40-51)62-58-28-16-14-26-54(58)56-39-46(30-32-60(56)62)42-19-7-2-8-20-42/h1-48H;1-40H. The minimum Gasteiger partial charge on any atom is -0.309 e. The topological polar surface area (TPSA) is 19.7 Å². The highest BCUT2D eigenvalue weighted by Crippen LogP contribution is 2.47. The molecule has 0 bridgehead atoms. The van der Waals surface area contributed by atoms with Crippen LogP contribution in [0.1, 0.15) is 0 Å². The summed E-state index contributed by atoms with van der Waals surface area (Å²) in [6, 6.07) is 196. The van der Waals surface area contributed by atoms with Gasteiger partial charge in [0, 0.05) is 65.8 Å². The lowest BCUT2D eigenvalue weighted by Gasteiger charge is -2.17. The second-order valence-corrected chi connectivity index (χ2v) is 35.5. The highest BCUT2D eigenvalue weighted by atomic mass is 15.0. The molecule has 0 radical (unpaired) electrons. The van der Waals surface area contributed by atoms with E-state index in [2.05, 4.69) is 552 Å². The summed E-state index contributed by atoms with van der Waals surface area (Å²) in [5, 5.41) is 9.77. The number of nitrogens with zero attached hydrogens (tertiary/aromatic N) is 4. The van der Waals surface area contributed by atoms with Gasteiger partial charge in [-0.05, 0) is 291 Å². The monoisotopic (exact) mass is 1730 g/mol. The van der Waals surface area contributed by atoms with E-state index >= 15 is 0 Å². The second kappa shape index (κ2) is 34.4. The number of hydrogen-bond donors (Lipinski definition) is 0. The highest BCUT2D eigenvalue weighted by Gasteiger charge is 2.25. The summed E-state index contributed by atoms with van der Waals surface area (Å²) in [5.74, 6) is 0. The maximum absolute atomic E-state index is 2.50. The van der Waals surface area contributed by atoms with Crippen molar-refractivity contribution in [3.63, 3.8) is 0 Å². The molecule has 4 heterocycles. The molecule has 0 aliphatic carbocycles. The Morgan fingerprint density at radius 1 is 0.0809 bits per heavy atom. The average Bonchev–Trinajstić information content (AvgIpc) is 1.58. The normalized spacial score (nSPS) is 11.5. The van der Waals surface area contributed by atoms with Crippen molar-refractivity contribution >= 4 is 87.2 Å². The molecule has 0 spiro atoms. The number of benzene rings is 22. The highest BCUT2D eigenvalue weighted by molar-refractivity contribution is 6.16. The molecule has 4 nitrogen and oxygen atoms in total. The lowest BCUT2D eigenvalue weighted by atomic mass is 9.93. The van der Waals surface area contributed by atoms with Gasteiger partial charge in [-0.3, -0.25) is 0 Å². The summed E-state index contributed by atoms with van der Waals surface area (Å²) >= 11 is 0. The number of rotatable bonds is 16. The first kappa shape index (κ1) is 80.1. The zero-order chi connectivity index (χ0) is 89.9. The molecular weight excluding hydrogens is 1640 g/mol. The summed E-state index contributed by atoms with van der Waals surface area (Å²) in [4.78, 5) is 0. The first-order valence-corrected chi connectivity index (χ1v) is 46.8. The minimum atomic E-state index is 1.08. The fourth-order valence-corrected chi connectivity index (χ4v) is 20.8. The molecule has 0 unspecified atom stereocenters. The van der Waals surface area contributed by atoms with Crippen LogP contribution in [0.3, 0.4) is 0 Å². The lowest BCUT2D eigenvalue weighted by Crippen LogP contribution is -2.00. The Hall–Kier alpha value is -18.0. The molecule has 0 atom stereocenters. The van der Waals surface area contributed by atoms with E-state index in [1.807, 2.05) is 0 Å². The van der Waals surface area contributed by atoms with Crippen LogP contribution >= 0.6 is 0 Å². The molecule has 0 amide bonds. The Bertz CT molecular complexity index is 8310. The van der Waals surface area contributed by atoms with Gasteiger partial charge < -0.3 is 18.3 Å². The molecule has 0 aliphatic heterocycles. The Kier molecular flexibility index (Phi) is 20.3. The van der Waals surface area contributed by atoms with Gasteiger partial charge in [0.15, 0.2) is 0 Å². The molecule has 26 rings (SSSR count). The van der Waals surface area contributed by atoms with Crippen LogP contribution in [0.25, 0.3) is 243 Å². The number of fused-ring (bicyclic) bond motifs is 12. The van der Waals surface area contributed by atoms with Crippen LogP contribution in [0.2, 0.25) is 0 Å². The van der Waals surface area contributed by atoms with Crippen LogP contribution in [0.5, 0.6) is 0 Å². The van der Waals surface area contributed by atoms with E-state index in [1.165, 1.54) is 176 Å². The van der Waals surface area contributed by atoms with Crippen LogP contribution in [0, 0.1) is 0 Å². The molecule has 0 saturated heterocycles. The predicted octanol–water partition coefficient (Wildman–Crippen LogP) is 35.8. The summed E-state index contributed by atoms with van der Waals surface area (Å²) in [7, 11) is 0. The van der Waals surface area contributed by atoms with Gasteiger partial charge in [0.25, 0.3) is 0 Å². The van der Waals surface area contributed by atoms with Crippen molar-refractivity contribution in [2.24, 2.45) is 0 Å². The lowest BCUT2D eigenvalue weighted by molar-refractivity contribution is 1.13. The van der Waals surface area contributed by atoms with Crippen LogP contribution < -0.4 is 0 Å². The molecule has 26 aromatic rings. The molecule has 0 fully saturated rings. The van der Waals surface area contributed by atoms with Crippen molar-refractivity contribution in [1.29, 1.82) is 0 Å². The molecule has 0 N–H and O–H groups in total. The quantitative estimate of drug-likeness (QED) is 0.0919. The van der Waals surface area contributed by atoms with Crippen LogP contribution in [0.15, 0.2) is 534 Å². The van der Waals surface area contributed by atoms with Gasteiger partial charge in [-0.1, -0.05) is 376 Å². The van der Waals surface area contributed by atoms with E-state index in [0.717, 1.165) is 67.1 Å². The zero-order valence-electron chi connectivity index (χ0n) is 74.6. The van der Waals surface area contributed by atoms with Gasteiger partial charge in [0.1, 0.15) is 0 Å². The third-order valence-electron chi connectivity index (χ3n) is 27.3. The fourth-order valence-electron chi connectivity index (χ4n) is 20.8. The predicted molar refractivity (Wildman–Crippen MR) is 575 cm³/mol. The van der Waals surface area contributed by atoms with Crippen molar-refractivity contribution in [3.8, 4) is 156 Å². The summed E-state index contributed by atoms with van der Waals surface area (Å²) in [6.45, 7) is 0. The van der Waals surface area contributed by atoms with Crippen molar-refractivity contribution < 1.29 is 0 Å². The fraction of sp³-hybridized carbons (Fsp3) is 0. The zero-order valence-corrected chi connectivity index (χ0v) is 74.6. The molecule has 4 aromatic heterocycles. The average molecular weight is 1730 g/mol. The third kappa shape index (κ3) is 14.8. The van der Waals surface area contributed by atoms with Gasteiger partial charge in [0.2, 0.25) is 0 Å². The van der Waals surface area contributed by atoms with Crippen LogP contribution in [-0.4, -0.2) is 18.3 Å². The van der Waals surface area contributed by atoms with Gasteiger partial charge in [-0.15, -0.1) is 0 Å². The van der Waals surface area contributed by atoms with E-state index in [4.69, 9.17) is 0 Å². The van der Waals surface area contributed by atoms with Gasteiger partial charge >= 0.3 is 0 Å². The number of hydrogen-bond acceptors (Lipinski definition) is 0. The first-order valence-electron chi connectivity index (χ1n) is 46.8. The van der Waals surface area contributed by atoms with Crippen molar-refractivity contribution in [3.05, 3.63) is 534 Å². The van der Waals surface area contributed by atoms with Crippen molar-refractivity contribution in [1.82, 2.24) is 18.3 Å². The molecule has 136 heavy (non-hydrogen) atoms. The van der Waals surface area contributed by atoms with Crippen LogP contribution in [-0.2, 0) is 0 Å². The molecule has 0 aliphatic rings. The van der Waals surface area contributed by atoms with Gasteiger partial charge in [0.05, 0.1) is 44.1 Å². The molecular formula is C132H88N4.